The van der Waals surface area contributed by atoms with Crippen molar-refractivity contribution in [3.8, 4) is 0 Å². The van der Waals surface area contributed by atoms with Crippen molar-refractivity contribution in [1.82, 2.24) is 9.88 Å². The average molecular weight is 368 g/mol. The summed E-state index contributed by atoms with van der Waals surface area (Å²) in [5.41, 5.74) is 4.30. The number of aromatic nitrogens is 1. The summed E-state index contributed by atoms with van der Waals surface area (Å²) in [7, 11) is 1.74. The molecule has 27 heavy (non-hydrogen) atoms. The number of methoxy groups -OCH3 is 1. The van der Waals surface area contributed by atoms with Crippen molar-refractivity contribution >= 4 is 16.8 Å². The third-order valence-electron chi connectivity index (χ3n) is 7.17. The van der Waals surface area contributed by atoms with Crippen molar-refractivity contribution in [2.45, 2.75) is 69.1 Å². The largest absolute Gasteiger partial charge is 0.393 e. The Morgan fingerprint density at radius 3 is 3.00 bits per heavy atom. The molecule has 0 unspecified atom stereocenters. The van der Waals surface area contributed by atoms with Crippen LogP contribution in [0.5, 0.6) is 0 Å². The van der Waals surface area contributed by atoms with E-state index in [0.29, 0.717) is 13.0 Å². The number of H-pyrrole nitrogens is 1. The van der Waals surface area contributed by atoms with Crippen LogP contribution in [-0.4, -0.2) is 52.3 Å². The molecule has 1 aliphatic heterocycles. The van der Waals surface area contributed by atoms with E-state index in [1.165, 1.54) is 29.5 Å². The van der Waals surface area contributed by atoms with Gasteiger partial charge < -0.3 is 19.7 Å². The summed E-state index contributed by atoms with van der Waals surface area (Å²) in [5, 5.41) is 11.4. The fourth-order valence-corrected chi connectivity index (χ4v) is 5.63. The molecule has 1 saturated carbocycles. The maximum absolute atomic E-state index is 13.3. The molecule has 0 bridgehead atoms. The van der Waals surface area contributed by atoms with E-state index in [4.69, 9.17) is 4.74 Å². The van der Waals surface area contributed by atoms with Crippen LogP contribution in [0.1, 0.15) is 60.1 Å². The Bertz CT molecular complexity index is 889. The number of aromatic amines is 1. The third kappa shape index (κ3) is 2.63. The van der Waals surface area contributed by atoms with Crippen LogP contribution in [0.2, 0.25) is 0 Å². The van der Waals surface area contributed by atoms with E-state index in [1.54, 1.807) is 7.11 Å². The highest BCUT2D eigenvalue weighted by Crippen LogP contribution is 2.43. The van der Waals surface area contributed by atoms with E-state index < -0.39 is 0 Å². The highest BCUT2D eigenvalue weighted by atomic mass is 16.5. The van der Waals surface area contributed by atoms with Gasteiger partial charge in [-0.05, 0) is 69.1 Å². The zero-order chi connectivity index (χ0) is 18.6. The molecule has 3 aliphatic rings. The second kappa shape index (κ2) is 6.35. The Balaban J connectivity index is 1.47. The second-order valence-electron chi connectivity index (χ2n) is 8.51. The van der Waals surface area contributed by atoms with Gasteiger partial charge >= 0.3 is 0 Å². The first-order valence-corrected chi connectivity index (χ1v) is 10.3. The molecule has 0 spiro atoms. The van der Waals surface area contributed by atoms with Gasteiger partial charge in [-0.1, -0.05) is 6.07 Å². The van der Waals surface area contributed by atoms with Crippen molar-refractivity contribution in [2.24, 2.45) is 0 Å². The number of fused-ring (bicyclic) bond motifs is 4. The monoisotopic (exact) mass is 368 g/mol. The van der Waals surface area contributed by atoms with Crippen LogP contribution in [0.15, 0.2) is 18.2 Å². The van der Waals surface area contributed by atoms with Gasteiger partial charge in [-0.2, -0.15) is 0 Å². The van der Waals surface area contributed by atoms with Crippen molar-refractivity contribution < 1.29 is 14.6 Å². The molecule has 2 N–H and O–H groups in total. The molecule has 5 rings (SSSR count). The van der Waals surface area contributed by atoms with Gasteiger partial charge in [-0.25, -0.2) is 0 Å². The topological polar surface area (TPSA) is 65.6 Å². The zero-order valence-corrected chi connectivity index (χ0v) is 16.0. The summed E-state index contributed by atoms with van der Waals surface area (Å²) in [5.74, 6) is 0.0579. The molecule has 3 atom stereocenters. The first-order valence-electron chi connectivity index (χ1n) is 10.3. The summed E-state index contributed by atoms with van der Waals surface area (Å²) in [6.07, 6.45) is 7.42. The maximum Gasteiger partial charge on any atom is 0.254 e. The van der Waals surface area contributed by atoms with E-state index >= 15 is 0 Å². The van der Waals surface area contributed by atoms with Gasteiger partial charge in [0.25, 0.3) is 5.91 Å². The van der Waals surface area contributed by atoms with Gasteiger partial charge in [0.1, 0.15) is 0 Å². The van der Waals surface area contributed by atoms with Crippen LogP contribution >= 0.6 is 0 Å². The van der Waals surface area contributed by atoms with Gasteiger partial charge in [-0.3, -0.25) is 4.79 Å². The number of nitrogens with zero attached hydrogens (tertiary/aromatic N) is 1. The number of likely N-dealkylation sites (tertiary alicyclic amines) is 1. The first kappa shape index (κ1) is 17.3. The normalized spacial score (nSPS) is 30.4. The first-order chi connectivity index (χ1) is 13.1. The number of hydrogen-bond donors (Lipinski definition) is 2. The van der Waals surface area contributed by atoms with Crippen LogP contribution in [0.4, 0.5) is 0 Å². The number of carbonyl (C=O) groups excluding carboxylic acids is 1. The Hall–Kier alpha value is -1.85. The minimum atomic E-state index is -0.343. The van der Waals surface area contributed by atoms with Gasteiger partial charge in [0.15, 0.2) is 0 Å². The Labute approximate surface area is 159 Å². The number of rotatable bonds is 2. The summed E-state index contributed by atoms with van der Waals surface area (Å²) < 4.78 is 5.88. The molecule has 2 aliphatic carbocycles. The lowest BCUT2D eigenvalue weighted by molar-refractivity contribution is -0.0824. The molecule has 2 aromatic rings. The van der Waals surface area contributed by atoms with Crippen LogP contribution in [0, 0.1) is 0 Å². The van der Waals surface area contributed by atoms with E-state index in [1.807, 2.05) is 17.0 Å². The van der Waals surface area contributed by atoms with E-state index in [-0.39, 0.29) is 23.7 Å². The van der Waals surface area contributed by atoms with Gasteiger partial charge in [-0.15, -0.1) is 0 Å². The molecule has 1 saturated heterocycles. The van der Waals surface area contributed by atoms with E-state index in [9.17, 15) is 9.90 Å². The second-order valence-corrected chi connectivity index (χ2v) is 8.51. The van der Waals surface area contributed by atoms with Gasteiger partial charge in [0.2, 0.25) is 0 Å². The Morgan fingerprint density at radius 1 is 1.30 bits per heavy atom. The van der Waals surface area contributed by atoms with E-state index in [2.05, 4.69) is 11.1 Å². The summed E-state index contributed by atoms with van der Waals surface area (Å²) in [6, 6.07) is 6.06. The molecular weight excluding hydrogens is 340 g/mol. The smallest absolute Gasteiger partial charge is 0.254 e. The lowest BCUT2D eigenvalue weighted by atomic mass is 9.79. The number of benzene rings is 1. The molecule has 144 valence electrons. The summed E-state index contributed by atoms with van der Waals surface area (Å²) in [4.78, 5) is 18.8. The number of carbonyl (C=O) groups is 1. The van der Waals surface area contributed by atoms with Crippen molar-refractivity contribution in [1.29, 1.82) is 0 Å². The predicted molar refractivity (Wildman–Crippen MR) is 104 cm³/mol. The molecule has 5 heteroatoms. The molecule has 2 fully saturated rings. The van der Waals surface area contributed by atoms with E-state index in [0.717, 1.165) is 43.2 Å². The van der Waals surface area contributed by atoms with Crippen LogP contribution in [-0.2, 0) is 17.6 Å². The highest BCUT2D eigenvalue weighted by molar-refractivity contribution is 5.99. The number of aliphatic hydroxyl groups is 1. The van der Waals surface area contributed by atoms with Crippen LogP contribution in [0.25, 0.3) is 10.9 Å². The van der Waals surface area contributed by atoms with Crippen molar-refractivity contribution in [3.63, 3.8) is 0 Å². The average Bonchev–Trinajstić information content (AvgIpc) is 3.25. The van der Waals surface area contributed by atoms with Gasteiger partial charge in [0, 0.05) is 35.8 Å². The highest BCUT2D eigenvalue weighted by Gasteiger charge is 2.52. The number of amides is 1. The third-order valence-corrected chi connectivity index (χ3v) is 7.17. The van der Waals surface area contributed by atoms with Crippen molar-refractivity contribution in [2.75, 3.05) is 13.7 Å². The lowest BCUT2D eigenvalue weighted by Crippen LogP contribution is -2.52. The fourth-order valence-electron chi connectivity index (χ4n) is 5.63. The van der Waals surface area contributed by atoms with Crippen molar-refractivity contribution in [3.05, 3.63) is 35.0 Å². The molecule has 1 amide bonds. The molecule has 2 heterocycles. The van der Waals surface area contributed by atoms with Crippen LogP contribution < -0.4 is 0 Å². The Kier molecular flexibility index (Phi) is 4.06. The lowest BCUT2D eigenvalue weighted by Gasteiger charge is -2.42. The molecule has 0 radical (unpaired) electrons. The number of nitrogens with one attached hydrogen (secondary N) is 1. The standard InChI is InChI=1S/C22H28N2O3/c1-27-22-9-8-15(25)13-20(22)24(11-10-22)21(26)14-6-7-17-16-4-2-3-5-18(16)23-19(17)12-14/h6-7,12,15,20,23,25H,2-5,8-11,13H2,1H3/t15-,20-,22+/m0/s1. The molecule has 1 aromatic carbocycles. The molecule has 1 aromatic heterocycles. The quantitative estimate of drug-likeness (QED) is 0.856. The SMILES string of the molecule is CO[C@@]12CC[C@H](O)C[C@@H]1N(C(=O)c1ccc3c4c([nH]c3c1)CCCC4)CC2. The molecular formula is C22H28N2O3. The number of aliphatic hydroxyl groups excluding tert-OH is 1. The maximum atomic E-state index is 13.3. The Morgan fingerprint density at radius 2 is 2.15 bits per heavy atom. The minimum absolute atomic E-state index is 0.0358. The number of hydrogen-bond acceptors (Lipinski definition) is 3. The molecule has 5 nitrogen and oxygen atoms in total. The summed E-state index contributed by atoms with van der Waals surface area (Å²) >= 11 is 0. The minimum Gasteiger partial charge on any atom is -0.393 e. The zero-order valence-electron chi connectivity index (χ0n) is 16.0. The number of aryl methyl sites for hydroxylation is 2. The fraction of sp³-hybridized carbons (Fsp3) is 0.591. The van der Waals surface area contributed by atoms with Gasteiger partial charge in [0.05, 0.1) is 17.7 Å². The number of ether oxygens (including phenoxy) is 1. The van der Waals surface area contributed by atoms with Crippen LogP contribution in [0.3, 0.4) is 0 Å². The predicted octanol–water partition coefficient (Wildman–Crippen LogP) is 3.19. The summed E-state index contributed by atoms with van der Waals surface area (Å²) in [6.45, 7) is 0.698.